The molecule has 0 aromatic heterocycles. The highest BCUT2D eigenvalue weighted by Crippen LogP contribution is 2.34. The van der Waals surface area contributed by atoms with Gasteiger partial charge in [-0.1, -0.05) is 12.1 Å². The van der Waals surface area contributed by atoms with Gasteiger partial charge in [0.05, 0.1) is 34.3 Å². The molecular formula is C35H51NO11. The number of benzene rings is 1. The van der Waals surface area contributed by atoms with Crippen LogP contribution in [0.3, 0.4) is 0 Å². The van der Waals surface area contributed by atoms with Crippen molar-refractivity contribution in [2.24, 2.45) is 26.7 Å². The Morgan fingerprint density at radius 3 is 1.51 bits per heavy atom. The molecule has 1 aromatic carbocycles. The highest BCUT2D eigenvalue weighted by atomic mass is 16.7. The lowest BCUT2D eigenvalue weighted by atomic mass is 9.92. The van der Waals surface area contributed by atoms with Crippen LogP contribution < -0.4 is 0 Å². The highest BCUT2D eigenvalue weighted by Gasteiger charge is 2.54. The number of rotatable bonds is 8. The minimum absolute atomic E-state index is 0.328. The zero-order valence-electron chi connectivity index (χ0n) is 29.9. The molecule has 0 amide bonds. The lowest BCUT2D eigenvalue weighted by Gasteiger charge is -2.45. The Labute approximate surface area is 277 Å². The van der Waals surface area contributed by atoms with Crippen LogP contribution in [0.1, 0.15) is 99.0 Å². The average Bonchev–Trinajstić information content (AvgIpc) is 2.94. The maximum absolute atomic E-state index is 13.4. The number of methoxy groups -OCH3 is 1. The van der Waals surface area contributed by atoms with Crippen molar-refractivity contribution >= 4 is 36.1 Å². The van der Waals surface area contributed by atoms with Gasteiger partial charge in [0.2, 0.25) is 0 Å². The third-order valence-corrected chi connectivity index (χ3v) is 6.87. The number of esters is 5. The van der Waals surface area contributed by atoms with Crippen molar-refractivity contribution in [3.63, 3.8) is 0 Å². The van der Waals surface area contributed by atoms with E-state index in [0.717, 1.165) is 0 Å². The van der Waals surface area contributed by atoms with Crippen molar-refractivity contribution in [1.82, 2.24) is 0 Å². The number of carbonyl (C=O) groups is 5. The van der Waals surface area contributed by atoms with Crippen molar-refractivity contribution < 1.29 is 52.4 Å². The van der Waals surface area contributed by atoms with Gasteiger partial charge in [-0.25, -0.2) is 4.79 Å². The van der Waals surface area contributed by atoms with E-state index in [1.54, 1.807) is 107 Å². The van der Waals surface area contributed by atoms with Crippen LogP contribution in [-0.4, -0.2) is 80.4 Å². The number of nitrogens with zero attached hydrogens (tertiary/aromatic N) is 1. The minimum Gasteiger partial charge on any atom is -0.465 e. The smallest absolute Gasteiger partial charge is 0.337 e. The van der Waals surface area contributed by atoms with E-state index >= 15 is 0 Å². The van der Waals surface area contributed by atoms with Crippen LogP contribution in [0, 0.1) is 21.7 Å². The molecule has 2 rings (SSSR count). The maximum Gasteiger partial charge on any atom is 0.337 e. The summed E-state index contributed by atoms with van der Waals surface area (Å²) in [5.74, 6) is -3.01. The maximum atomic E-state index is 13.4. The summed E-state index contributed by atoms with van der Waals surface area (Å²) in [5.41, 5.74) is -2.93. The van der Waals surface area contributed by atoms with E-state index in [4.69, 9.17) is 28.4 Å². The Kier molecular flexibility index (Phi) is 12.5. The van der Waals surface area contributed by atoms with Gasteiger partial charge < -0.3 is 28.4 Å². The molecule has 0 spiro atoms. The van der Waals surface area contributed by atoms with Crippen molar-refractivity contribution in [1.29, 1.82) is 0 Å². The van der Waals surface area contributed by atoms with Crippen LogP contribution in [-0.2, 0) is 47.6 Å². The van der Waals surface area contributed by atoms with Gasteiger partial charge in [0, 0.05) is 6.21 Å². The van der Waals surface area contributed by atoms with Gasteiger partial charge in [0.15, 0.2) is 24.5 Å². The summed E-state index contributed by atoms with van der Waals surface area (Å²) in [6.45, 7) is 19.5. The van der Waals surface area contributed by atoms with Crippen molar-refractivity contribution in [2.45, 2.75) is 114 Å². The lowest BCUT2D eigenvalue weighted by Crippen LogP contribution is -2.63. The summed E-state index contributed by atoms with van der Waals surface area (Å²) in [6.07, 6.45) is -5.20. The molecular weight excluding hydrogens is 610 g/mol. The van der Waals surface area contributed by atoms with Crippen LogP contribution in [0.15, 0.2) is 29.3 Å². The monoisotopic (exact) mass is 661 g/mol. The Morgan fingerprint density at radius 2 is 1.09 bits per heavy atom. The second-order valence-electron chi connectivity index (χ2n) is 15.7. The SMILES string of the molecule is COC(=O)c1ccc(/C=N/[C@@H]2O[C@H](COC(=O)C(C)(C)C)[C@H](OC(=O)C(C)(C)C)[C@H](OC(=O)C(C)(C)C)[C@H]2OC(=O)C(C)(C)C)cc1. The molecule has 12 nitrogen and oxygen atoms in total. The largest absolute Gasteiger partial charge is 0.465 e. The van der Waals surface area contributed by atoms with E-state index in [0.29, 0.717) is 11.1 Å². The van der Waals surface area contributed by atoms with Crippen LogP contribution >= 0.6 is 0 Å². The summed E-state index contributed by atoms with van der Waals surface area (Å²) in [6, 6.07) is 6.36. The summed E-state index contributed by atoms with van der Waals surface area (Å²) in [5, 5.41) is 0. The van der Waals surface area contributed by atoms with Gasteiger partial charge in [0.1, 0.15) is 12.7 Å². The third-order valence-electron chi connectivity index (χ3n) is 6.87. The zero-order valence-corrected chi connectivity index (χ0v) is 29.9. The molecule has 0 unspecified atom stereocenters. The molecule has 1 heterocycles. The van der Waals surface area contributed by atoms with Gasteiger partial charge in [-0.15, -0.1) is 0 Å². The van der Waals surface area contributed by atoms with Gasteiger partial charge in [-0.3, -0.25) is 24.2 Å². The fraction of sp³-hybridized carbons (Fsp3) is 0.657. The predicted molar refractivity (Wildman–Crippen MR) is 172 cm³/mol. The Hall–Kier alpha value is -3.80. The molecule has 0 bridgehead atoms. The predicted octanol–water partition coefficient (Wildman–Crippen LogP) is 5.08. The van der Waals surface area contributed by atoms with E-state index in [1.165, 1.54) is 13.3 Å². The molecule has 262 valence electrons. The molecule has 12 heteroatoms. The third kappa shape index (κ3) is 11.2. The minimum atomic E-state index is -1.41. The van der Waals surface area contributed by atoms with Crippen LogP contribution in [0.25, 0.3) is 0 Å². The fourth-order valence-electron chi connectivity index (χ4n) is 3.81. The molecule has 0 saturated carbocycles. The number of hydrogen-bond acceptors (Lipinski definition) is 12. The topological polar surface area (TPSA) is 153 Å². The molecule has 5 atom stereocenters. The van der Waals surface area contributed by atoms with Crippen molar-refractivity contribution in [3.8, 4) is 0 Å². The second-order valence-corrected chi connectivity index (χ2v) is 15.7. The number of aliphatic imine (C=N–C) groups is 1. The summed E-state index contributed by atoms with van der Waals surface area (Å²) in [4.78, 5) is 69.2. The first-order valence-corrected chi connectivity index (χ1v) is 15.5. The first-order chi connectivity index (χ1) is 21.4. The van der Waals surface area contributed by atoms with E-state index in [9.17, 15) is 24.0 Å². The average molecular weight is 662 g/mol. The molecule has 1 fully saturated rings. The van der Waals surface area contributed by atoms with Crippen LogP contribution in [0.4, 0.5) is 0 Å². The zero-order chi connectivity index (χ0) is 36.1. The molecule has 1 aliphatic heterocycles. The quantitative estimate of drug-likeness (QED) is 0.208. The van der Waals surface area contributed by atoms with E-state index in [2.05, 4.69) is 4.99 Å². The number of ether oxygens (including phenoxy) is 6. The molecule has 0 radical (unpaired) electrons. The first-order valence-electron chi connectivity index (χ1n) is 15.5. The molecule has 1 aliphatic rings. The van der Waals surface area contributed by atoms with Crippen molar-refractivity contribution in [2.75, 3.05) is 13.7 Å². The molecule has 0 aliphatic carbocycles. The molecule has 0 N–H and O–H groups in total. The molecule has 1 saturated heterocycles. The van der Waals surface area contributed by atoms with Gasteiger partial charge in [-0.2, -0.15) is 0 Å². The molecule has 1 aromatic rings. The van der Waals surface area contributed by atoms with E-state index in [-0.39, 0.29) is 6.61 Å². The van der Waals surface area contributed by atoms with Crippen LogP contribution in [0.2, 0.25) is 0 Å². The summed E-state index contributed by atoms with van der Waals surface area (Å²) >= 11 is 0. The summed E-state index contributed by atoms with van der Waals surface area (Å²) < 4.78 is 34.6. The Morgan fingerprint density at radius 1 is 0.660 bits per heavy atom. The van der Waals surface area contributed by atoms with Gasteiger partial charge in [-0.05, 0) is 101 Å². The van der Waals surface area contributed by atoms with Crippen molar-refractivity contribution in [3.05, 3.63) is 35.4 Å². The summed E-state index contributed by atoms with van der Waals surface area (Å²) in [7, 11) is 1.28. The van der Waals surface area contributed by atoms with Crippen LogP contribution in [0.5, 0.6) is 0 Å². The lowest BCUT2D eigenvalue weighted by molar-refractivity contribution is -0.258. The Bertz CT molecular complexity index is 1320. The molecule has 47 heavy (non-hydrogen) atoms. The van der Waals surface area contributed by atoms with Gasteiger partial charge >= 0.3 is 29.8 Å². The van der Waals surface area contributed by atoms with Gasteiger partial charge in [0.25, 0.3) is 0 Å². The van der Waals surface area contributed by atoms with E-state index < -0.39 is 82.2 Å². The second kappa shape index (κ2) is 15.0. The normalized spacial score (nSPS) is 22.3. The number of carbonyl (C=O) groups excluding carboxylic acids is 5. The number of hydrogen-bond donors (Lipinski definition) is 0. The standard InChI is InChI=1S/C35H51NO11/c1-32(2,3)28(38)43-19-22-23(45-29(39)33(4,5)6)24(46-30(40)34(7,8)9)25(47-31(41)35(10,11)12)26(44-22)36-18-20-14-16-21(17-15-20)27(37)42-13/h14-18,22-26H,19H2,1-13H3/b36-18+/t22-,23+,24+,25-,26-/m1/s1. The van der Waals surface area contributed by atoms with E-state index in [1.807, 2.05) is 0 Å². The first kappa shape index (κ1) is 39.4. The fourth-order valence-corrected chi connectivity index (χ4v) is 3.81. The highest BCUT2D eigenvalue weighted by molar-refractivity contribution is 5.90. The Balaban J connectivity index is 2.72.